The Balaban J connectivity index is 2.52. The standard InChI is InChI=1S/C14H16BrF2N3/c1-3-7-18-14(11-6-8-19-20(11)2)12-10(16)5-4-9(15)13(12)17/h4-6,8,14,18H,3,7H2,1-2H3. The lowest BCUT2D eigenvalue weighted by molar-refractivity contribution is 0.483. The van der Waals surface area contributed by atoms with Crippen LogP contribution in [0.4, 0.5) is 8.78 Å². The number of rotatable bonds is 5. The molecule has 1 heterocycles. The van der Waals surface area contributed by atoms with Gasteiger partial charge in [0, 0.05) is 18.8 Å². The molecule has 1 aromatic carbocycles. The van der Waals surface area contributed by atoms with Gasteiger partial charge in [-0.2, -0.15) is 5.10 Å². The quantitative estimate of drug-likeness (QED) is 0.841. The first-order valence-electron chi connectivity index (χ1n) is 6.41. The topological polar surface area (TPSA) is 29.9 Å². The number of nitrogens with zero attached hydrogens (tertiary/aromatic N) is 2. The largest absolute Gasteiger partial charge is 0.305 e. The molecule has 1 unspecified atom stereocenters. The average Bonchev–Trinajstić information content (AvgIpc) is 2.84. The van der Waals surface area contributed by atoms with E-state index in [0.29, 0.717) is 12.2 Å². The second-order valence-electron chi connectivity index (χ2n) is 4.52. The third kappa shape index (κ3) is 2.91. The number of benzene rings is 1. The van der Waals surface area contributed by atoms with Crippen molar-refractivity contribution in [3.63, 3.8) is 0 Å². The molecule has 0 aliphatic carbocycles. The summed E-state index contributed by atoms with van der Waals surface area (Å²) in [7, 11) is 1.75. The summed E-state index contributed by atoms with van der Waals surface area (Å²) in [5.41, 5.74) is 0.728. The molecule has 0 amide bonds. The van der Waals surface area contributed by atoms with Gasteiger partial charge in [-0.25, -0.2) is 8.78 Å². The van der Waals surface area contributed by atoms with Gasteiger partial charge in [-0.3, -0.25) is 4.68 Å². The van der Waals surface area contributed by atoms with Crippen molar-refractivity contribution in [1.82, 2.24) is 15.1 Å². The monoisotopic (exact) mass is 343 g/mol. The van der Waals surface area contributed by atoms with Crippen LogP contribution in [0.5, 0.6) is 0 Å². The SMILES string of the molecule is CCCNC(c1c(F)ccc(Br)c1F)c1ccnn1C. The predicted molar refractivity (Wildman–Crippen MR) is 77.4 cm³/mol. The molecule has 0 bridgehead atoms. The zero-order chi connectivity index (χ0) is 14.7. The third-order valence-electron chi connectivity index (χ3n) is 3.12. The first kappa shape index (κ1) is 15.1. The van der Waals surface area contributed by atoms with Gasteiger partial charge in [0.25, 0.3) is 0 Å². The minimum Gasteiger partial charge on any atom is -0.305 e. The maximum atomic E-state index is 14.3. The smallest absolute Gasteiger partial charge is 0.145 e. The molecule has 0 spiro atoms. The minimum absolute atomic E-state index is 0.0106. The fourth-order valence-electron chi connectivity index (χ4n) is 2.12. The van der Waals surface area contributed by atoms with Crippen molar-refractivity contribution in [3.05, 3.63) is 51.8 Å². The van der Waals surface area contributed by atoms with Gasteiger partial charge >= 0.3 is 0 Å². The highest BCUT2D eigenvalue weighted by molar-refractivity contribution is 9.10. The first-order chi connectivity index (χ1) is 9.56. The van der Waals surface area contributed by atoms with Crippen molar-refractivity contribution < 1.29 is 8.78 Å². The fourth-order valence-corrected chi connectivity index (χ4v) is 2.46. The molecule has 6 heteroatoms. The number of nitrogens with one attached hydrogen (secondary N) is 1. The number of aryl methyl sites for hydroxylation is 1. The van der Waals surface area contributed by atoms with Gasteiger partial charge in [0.2, 0.25) is 0 Å². The molecular formula is C14H16BrF2N3. The van der Waals surface area contributed by atoms with Crippen molar-refractivity contribution in [2.75, 3.05) is 6.54 Å². The van der Waals surface area contributed by atoms with Crippen LogP contribution in [-0.2, 0) is 7.05 Å². The van der Waals surface area contributed by atoms with E-state index < -0.39 is 17.7 Å². The van der Waals surface area contributed by atoms with E-state index in [0.717, 1.165) is 6.42 Å². The Morgan fingerprint density at radius 2 is 2.10 bits per heavy atom. The normalized spacial score (nSPS) is 12.7. The van der Waals surface area contributed by atoms with Crippen LogP contribution < -0.4 is 5.32 Å². The van der Waals surface area contributed by atoms with Crippen molar-refractivity contribution >= 4 is 15.9 Å². The summed E-state index contributed by atoms with van der Waals surface area (Å²) < 4.78 is 30.3. The Labute approximate surface area is 125 Å². The van der Waals surface area contributed by atoms with Gasteiger partial charge in [0.05, 0.1) is 16.2 Å². The third-order valence-corrected chi connectivity index (χ3v) is 3.73. The Bertz CT molecular complexity index is 598. The van der Waals surface area contributed by atoms with E-state index in [1.54, 1.807) is 24.0 Å². The molecule has 1 aromatic heterocycles. The van der Waals surface area contributed by atoms with E-state index >= 15 is 0 Å². The minimum atomic E-state index is -0.584. The molecule has 20 heavy (non-hydrogen) atoms. The summed E-state index contributed by atoms with van der Waals surface area (Å²) >= 11 is 3.11. The van der Waals surface area contributed by atoms with E-state index in [1.165, 1.54) is 12.1 Å². The molecule has 2 aromatic rings. The van der Waals surface area contributed by atoms with Crippen LogP contribution in [0.1, 0.15) is 30.6 Å². The van der Waals surface area contributed by atoms with Crippen LogP contribution in [0.25, 0.3) is 0 Å². The molecule has 1 N–H and O–H groups in total. The zero-order valence-electron chi connectivity index (χ0n) is 11.3. The molecule has 3 nitrogen and oxygen atoms in total. The van der Waals surface area contributed by atoms with Gasteiger partial charge in [0.15, 0.2) is 0 Å². The van der Waals surface area contributed by atoms with Gasteiger partial charge in [-0.1, -0.05) is 6.92 Å². The van der Waals surface area contributed by atoms with Gasteiger partial charge in [-0.15, -0.1) is 0 Å². The molecule has 0 aliphatic rings. The van der Waals surface area contributed by atoms with Crippen molar-refractivity contribution in [2.45, 2.75) is 19.4 Å². The van der Waals surface area contributed by atoms with E-state index in [4.69, 9.17) is 0 Å². The molecule has 108 valence electrons. The van der Waals surface area contributed by atoms with E-state index in [-0.39, 0.29) is 10.0 Å². The lowest BCUT2D eigenvalue weighted by atomic mass is 10.0. The van der Waals surface area contributed by atoms with Crippen LogP contribution in [0.15, 0.2) is 28.9 Å². The van der Waals surface area contributed by atoms with Gasteiger partial charge in [0.1, 0.15) is 11.6 Å². The van der Waals surface area contributed by atoms with Crippen molar-refractivity contribution in [3.8, 4) is 0 Å². The second kappa shape index (κ2) is 6.45. The van der Waals surface area contributed by atoms with Crippen molar-refractivity contribution in [1.29, 1.82) is 0 Å². The average molecular weight is 344 g/mol. The number of hydrogen-bond acceptors (Lipinski definition) is 2. The van der Waals surface area contributed by atoms with E-state index in [1.807, 2.05) is 6.92 Å². The first-order valence-corrected chi connectivity index (χ1v) is 7.20. The molecule has 0 saturated heterocycles. The van der Waals surface area contributed by atoms with Crippen LogP contribution in [-0.4, -0.2) is 16.3 Å². The van der Waals surface area contributed by atoms with Crippen LogP contribution in [0.2, 0.25) is 0 Å². The molecule has 0 saturated carbocycles. The molecule has 0 fully saturated rings. The van der Waals surface area contributed by atoms with E-state index in [9.17, 15) is 8.78 Å². The van der Waals surface area contributed by atoms with Crippen LogP contribution in [0.3, 0.4) is 0 Å². The summed E-state index contributed by atoms with van der Waals surface area (Å²) in [5.74, 6) is -1.15. The number of halogens is 3. The summed E-state index contributed by atoms with van der Waals surface area (Å²) in [6.07, 6.45) is 2.48. The molecule has 2 rings (SSSR count). The summed E-state index contributed by atoms with van der Waals surface area (Å²) in [6, 6.07) is 3.82. The van der Waals surface area contributed by atoms with Gasteiger partial charge < -0.3 is 5.32 Å². The Morgan fingerprint density at radius 3 is 2.70 bits per heavy atom. The fraction of sp³-hybridized carbons (Fsp3) is 0.357. The summed E-state index contributed by atoms with van der Waals surface area (Å²) in [5, 5.41) is 7.25. The summed E-state index contributed by atoms with van der Waals surface area (Å²) in [4.78, 5) is 0. The molecule has 1 atom stereocenters. The maximum Gasteiger partial charge on any atom is 0.145 e. The van der Waals surface area contributed by atoms with Crippen LogP contribution in [0, 0.1) is 11.6 Å². The second-order valence-corrected chi connectivity index (χ2v) is 5.38. The Hall–Kier alpha value is -1.27. The highest BCUT2D eigenvalue weighted by atomic mass is 79.9. The predicted octanol–water partition coefficient (Wildman–Crippen LogP) is 3.55. The molecule has 0 radical (unpaired) electrons. The Kier molecular flexibility index (Phi) is 4.88. The maximum absolute atomic E-state index is 14.3. The molecular weight excluding hydrogens is 328 g/mol. The lowest BCUT2D eigenvalue weighted by Crippen LogP contribution is -2.27. The number of hydrogen-bond donors (Lipinski definition) is 1. The van der Waals surface area contributed by atoms with Gasteiger partial charge in [-0.05, 0) is 47.1 Å². The van der Waals surface area contributed by atoms with Crippen LogP contribution >= 0.6 is 15.9 Å². The zero-order valence-corrected chi connectivity index (χ0v) is 12.9. The Morgan fingerprint density at radius 1 is 1.35 bits per heavy atom. The lowest BCUT2D eigenvalue weighted by Gasteiger charge is -2.21. The van der Waals surface area contributed by atoms with E-state index in [2.05, 4.69) is 26.3 Å². The molecule has 0 aliphatic heterocycles. The highest BCUT2D eigenvalue weighted by Gasteiger charge is 2.25. The number of aromatic nitrogens is 2. The summed E-state index contributed by atoms with van der Waals surface area (Å²) in [6.45, 7) is 2.65. The highest BCUT2D eigenvalue weighted by Crippen LogP contribution is 2.30. The van der Waals surface area contributed by atoms with Crippen molar-refractivity contribution in [2.24, 2.45) is 7.05 Å².